The Morgan fingerprint density at radius 2 is 2.04 bits per heavy atom. The first-order valence-electron chi connectivity index (χ1n) is 8.70. The Balaban J connectivity index is 1.54. The second-order valence-corrected chi connectivity index (χ2v) is 6.41. The van der Waals surface area contributed by atoms with Crippen LogP contribution in [0.25, 0.3) is 11.5 Å². The summed E-state index contributed by atoms with van der Waals surface area (Å²) in [6.07, 6.45) is -0.267. The van der Waals surface area contributed by atoms with E-state index >= 15 is 0 Å². The molecule has 3 aromatic rings. The van der Waals surface area contributed by atoms with E-state index in [1.165, 1.54) is 0 Å². The molecule has 1 amide bonds. The van der Waals surface area contributed by atoms with Crippen LogP contribution in [0.5, 0.6) is 5.75 Å². The third kappa shape index (κ3) is 3.68. The van der Waals surface area contributed by atoms with E-state index in [0.717, 1.165) is 5.56 Å². The number of hydrogen-bond acceptors (Lipinski definition) is 6. The second-order valence-electron chi connectivity index (χ2n) is 6.41. The molecule has 1 aliphatic heterocycles. The van der Waals surface area contributed by atoms with Gasteiger partial charge in [0, 0.05) is 24.6 Å². The number of nitrogens with zero attached hydrogens (tertiary/aromatic N) is 3. The number of aromatic nitrogens is 2. The SMILES string of the molecule is Cc1nnc(-c2cccc(C(=O)N3CCOC(c4cccc(O)c4)C3)c2)o1. The number of phenols is 1. The number of aryl methyl sites for hydroxylation is 1. The van der Waals surface area contributed by atoms with Crippen LogP contribution in [-0.2, 0) is 4.74 Å². The van der Waals surface area contributed by atoms with Gasteiger partial charge in [0.1, 0.15) is 11.9 Å². The Labute approximate surface area is 156 Å². The number of carbonyl (C=O) groups is 1. The zero-order valence-electron chi connectivity index (χ0n) is 14.8. The van der Waals surface area contributed by atoms with Crippen LogP contribution >= 0.6 is 0 Å². The number of carbonyl (C=O) groups excluding carboxylic acids is 1. The van der Waals surface area contributed by atoms with Crippen molar-refractivity contribution in [3.05, 3.63) is 65.5 Å². The molecule has 27 heavy (non-hydrogen) atoms. The van der Waals surface area contributed by atoms with Crippen molar-refractivity contribution in [1.82, 2.24) is 15.1 Å². The average Bonchev–Trinajstić information content (AvgIpc) is 3.14. The van der Waals surface area contributed by atoms with Gasteiger partial charge >= 0.3 is 0 Å². The van der Waals surface area contributed by atoms with Gasteiger partial charge in [-0.25, -0.2) is 0 Å². The van der Waals surface area contributed by atoms with Gasteiger partial charge in [0.2, 0.25) is 11.8 Å². The van der Waals surface area contributed by atoms with Gasteiger partial charge in [0.15, 0.2) is 0 Å². The van der Waals surface area contributed by atoms with E-state index < -0.39 is 0 Å². The summed E-state index contributed by atoms with van der Waals surface area (Å²) >= 11 is 0. The van der Waals surface area contributed by atoms with E-state index in [0.29, 0.717) is 42.6 Å². The minimum absolute atomic E-state index is 0.0819. The Hall–Kier alpha value is -3.19. The summed E-state index contributed by atoms with van der Waals surface area (Å²) in [5, 5.41) is 17.5. The molecule has 1 aliphatic rings. The normalized spacial score (nSPS) is 17.1. The molecule has 0 bridgehead atoms. The molecule has 1 saturated heterocycles. The van der Waals surface area contributed by atoms with E-state index in [1.807, 2.05) is 12.1 Å². The fourth-order valence-electron chi connectivity index (χ4n) is 3.14. The van der Waals surface area contributed by atoms with Crippen LogP contribution in [0.4, 0.5) is 0 Å². The number of hydrogen-bond donors (Lipinski definition) is 1. The van der Waals surface area contributed by atoms with E-state index in [-0.39, 0.29) is 17.8 Å². The van der Waals surface area contributed by atoms with Crippen molar-refractivity contribution in [1.29, 1.82) is 0 Å². The first kappa shape index (κ1) is 17.2. The molecular formula is C20H19N3O4. The average molecular weight is 365 g/mol. The molecule has 0 saturated carbocycles. The number of rotatable bonds is 3. The number of aromatic hydroxyl groups is 1. The van der Waals surface area contributed by atoms with Gasteiger partial charge in [0.05, 0.1) is 13.2 Å². The molecular weight excluding hydrogens is 346 g/mol. The van der Waals surface area contributed by atoms with Gasteiger partial charge < -0.3 is 19.2 Å². The molecule has 1 N–H and O–H groups in total. The Morgan fingerprint density at radius 3 is 2.81 bits per heavy atom. The summed E-state index contributed by atoms with van der Waals surface area (Å²) in [4.78, 5) is 14.7. The zero-order chi connectivity index (χ0) is 18.8. The Bertz CT molecular complexity index is 969. The molecule has 4 rings (SSSR count). The zero-order valence-corrected chi connectivity index (χ0v) is 14.8. The summed E-state index contributed by atoms with van der Waals surface area (Å²) in [5.74, 6) is 0.967. The molecule has 0 aliphatic carbocycles. The van der Waals surface area contributed by atoms with Crippen molar-refractivity contribution in [3.8, 4) is 17.2 Å². The van der Waals surface area contributed by atoms with Crippen LogP contribution in [0.2, 0.25) is 0 Å². The van der Waals surface area contributed by atoms with Crippen molar-refractivity contribution in [2.45, 2.75) is 13.0 Å². The summed E-state index contributed by atoms with van der Waals surface area (Å²) in [6.45, 7) is 3.10. The maximum absolute atomic E-state index is 13.0. The molecule has 7 heteroatoms. The molecule has 0 radical (unpaired) electrons. The molecule has 1 fully saturated rings. The summed E-state index contributed by atoms with van der Waals surface area (Å²) in [5.41, 5.74) is 2.11. The standard InChI is InChI=1S/C20H19N3O4/c1-13-21-22-19(27-13)15-5-2-6-16(10-15)20(25)23-8-9-26-18(12-23)14-4-3-7-17(24)11-14/h2-7,10-11,18,24H,8-9,12H2,1H3. The minimum atomic E-state index is -0.267. The van der Waals surface area contributed by atoms with Crippen LogP contribution in [0.15, 0.2) is 52.9 Å². The first-order valence-corrected chi connectivity index (χ1v) is 8.70. The van der Waals surface area contributed by atoms with Crippen molar-refractivity contribution in [3.63, 3.8) is 0 Å². The highest BCUT2D eigenvalue weighted by Gasteiger charge is 2.26. The number of ether oxygens (including phenoxy) is 1. The molecule has 2 heterocycles. The van der Waals surface area contributed by atoms with Crippen LogP contribution < -0.4 is 0 Å². The highest BCUT2D eigenvalue weighted by molar-refractivity contribution is 5.95. The van der Waals surface area contributed by atoms with Crippen molar-refractivity contribution >= 4 is 5.91 Å². The van der Waals surface area contributed by atoms with Gasteiger partial charge in [-0.15, -0.1) is 10.2 Å². The third-order valence-corrected chi connectivity index (χ3v) is 4.48. The fraction of sp³-hybridized carbons (Fsp3) is 0.250. The summed E-state index contributed by atoms with van der Waals surface area (Å²) in [7, 11) is 0. The maximum atomic E-state index is 13.0. The Morgan fingerprint density at radius 1 is 1.19 bits per heavy atom. The molecule has 138 valence electrons. The lowest BCUT2D eigenvalue weighted by Gasteiger charge is -2.33. The smallest absolute Gasteiger partial charge is 0.254 e. The van der Waals surface area contributed by atoms with E-state index in [4.69, 9.17) is 9.15 Å². The fourth-order valence-corrected chi connectivity index (χ4v) is 3.14. The van der Waals surface area contributed by atoms with Gasteiger partial charge in [-0.05, 0) is 35.9 Å². The van der Waals surface area contributed by atoms with E-state index in [2.05, 4.69) is 10.2 Å². The van der Waals surface area contributed by atoms with Crippen LogP contribution in [0.1, 0.15) is 27.9 Å². The van der Waals surface area contributed by atoms with Gasteiger partial charge in [-0.2, -0.15) is 0 Å². The number of morpholine rings is 1. The van der Waals surface area contributed by atoms with Crippen LogP contribution in [0.3, 0.4) is 0 Å². The first-order chi connectivity index (χ1) is 13.1. The monoisotopic (exact) mass is 365 g/mol. The van der Waals surface area contributed by atoms with Crippen molar-refractivity contribution < 1.29 is 19.1 Å². The molecule has 0 spiro atoms. The minimum Gasteiger partial charge on any atom is -0.508 e. The molecule has 1 atom stereocenters. The van der Waals surface area contributed by atoms with Crippen LogP contribution in [0, 0.1) is 6.92 Å². The van der Waals surface area contributed by atoms with E-state index in [1.54, 1.807) is 48.2 Å². The molecule has 2 aromatic carbocycles. The molecule has 7 nitrogen and oxygen atoms in total. The summed E-state index contributed by atoms with van der Waals surface area (Å²) < 4.78 is 11.2. The Kier molecular flexibility index (Phi) is 4.60. The maximum Gasteiger partial charge on any atom is 0.254 e. The lowest BCUT2D eigenvalue weighted by Crippen LogP contribution is -2.42. The largest absolute Gasteiger partial charge is 0.508 e. The number of benzene rings is 2. The lowest BCUT2D eigenvalue weighted by molar-refractivity contribution is -0.0228. The summed E-state index contributed by atoms with van der Waals surface area (Å²) in [6, 6.07) is 14.1. The predicted molar refractivity (Wildman–Crippen MR) is 97.2 cm³/mol. The molecule has 1 unspecified atom stereocenters. The van der Waals surface area contributed by atoms with Crippen LogP contribution in [-0.4, -0.2) is 45.8 Å². The highest BCUT2D eigenvalue weighted by atomic mass is 16.5. The van der Waals surface area contributed by atoms with Crippen molar-refractivity contribution in [2.75, 3.05) is 19.7 Å². The predicted octanol–water partition coefficient (Wildman–Crippen LogP) is 2.96. The third-order valence-electron chi connectivity index (χ3n) is 4.48. The lowest BCUT2D eigenvalue weighted by atomic mass is 10.1. The quantitative estimate of drug-likeness (QED) is 0.768. The highest BCUT2D eigenvalue weighted by Crippen LogP contribution is 2.26. The molecule has 1 aromatic heterocycles. The van der Waals surface area contributed by atoms with E-state index in [9.17, 15) is 9.90 Å². The second kappa shape index (κ2) is 7.20. The topological polar surface area (TPSA) is 88.7 Å². The van der Waals surface area contributed by atoms with Gasteiger partial charge in [-0.3, -0.25) is 4.79 Å². The number of phenolic OH excluding ortho intramolecular Hbond substituents is 1. The van der Waals surface area contributed by atoms with Crippen molar-refractivity contribution in [2.24, 2.45) is 0 Å². The van der Waals surface area contributed by atoms with Gasteiger partial charge in [0.25, 0.3) is 5.91 Å². The number of amides is 1. The van der Waals surface area contributed by atoms with Gasteiger partial charge in [-0.1, -0.05) is 18.2 Å².